The van der Waals surface area contributed by atoms with Gasteiger partial charge in [-0.25, -0.2) is 4.68 Å². The van der Waals surface area contributed by atoms with Crippen molar-refractivity contribution in [3.63, 3.8) is 0 Å². The molecule has 158 valence electrons. The zero-order chi connectivity index (χ0) is 22.4. The first kappa shape index (κ1) is 20.4. The monoisotopic (exact) mass is 506 g/mol. The summed E-state index contributed by atoms with van der Waals surface area (Å²) in [4.78, 5) is 0. The highest BCUT2D eigenvalue weighted by Crippen LogP contribution is 2.48. The Balaban J connectivity index is 1.75. The minimum Gasteiger partial charge on any atom is -0.420 e. The van der Waals surface area contributed by atoms with Gasteiger partial charge in [0.15, 0.2) is 0 Å². The van der Waals surface area contributed by atoms with Crippen LogP contribution in [0.5, 0.6) is 5.88 Å². The van der Waals surface area contributed by atoms with E-state index in [1.54, 1.807) is 4.68 Å². The Morgan fingerprint density at radius 2 is 1.88 bits per heavy atom. The molecule has 1 atom stereocenters. The summed E-state index contributed by atoms with van der Waals surface area (Å²) in [5.41, 5.74) is 10.9. The number of para-hydroxylation sites is 1. The van der Waals surface area contributed by atoms with E-state index in [2.05, 4.69) is 37.3 Å². The number of benzene rings is 2. The maximum atomic E-state index is 9.98. The topological polar surface area (TPSA) is 106 Å². The van der Waals surface area contributed by atoms with Gasteiger partial charge in [0.25, 0.3) is 0 Å². The number of aromatic amines is 1. The molecule has 32 heavy (non-hydrogen) atoms. The number of H-pyrrole nitrogens is 1. The van der Waals surface area contributed by atoms with Crippen LogP contribution in [0.1, 0.15) is 22.7 Å². The highest BCUT2D eigenvalue weighted by Gasteiger charge is 2.39. The quantitative estimate of drug-likeness (QED) is 0.396. The first-order chi connectivity index (χ1) is 15.5. The second-order valence-corrected chi connectivity index (χ2v) is 8.56. The first-order valence-electron chi connectivity index (χ1n) is 9.71. The largest absolute Gasteiger partial charge is 0.420 e. The van der Waals surface area contributed by atoms with Gasteiger partial charge in [-0.2, -0.15) is 10.4 Å². The Kier molecular flexibility index (Phi) is 5.00. The fraction of sp³-hybridized carbons (Fsp3) is 0.0870. The van der Waals surface area contributed by atoms with Crippen molar-refractivity contribution in [2.75, 3.05) is 0 Å². The van der Waals surface area contributed by atoms with Crippen molar-refractivity contribution in [1.29, 1.82) is 5.26 Å². The van der Waals surface area contributed by atoms with E-state index in [1.807, 2.05) is 61.5 Å². The number of nitriles is 1. The third-order valence-corrected chi connectivity index (χ3v) is 6.30. The van der Waals surface area contributed by atoms with Gasteiger partial charge in [-0.15, -0.1) is 5.10 Å². The summed E-state index contributed by atoms with van der Waals surface area (Å²) in [6.07, 6.45) is 0. The fourth-order valence-corrected chi connectivity index (χ4v) is 4.60. The highest BCUT2D eigenvalue weighted by molar-refractivity contribution is 9.10. The van der Waals surface area contributed by atoms with E-state index in [0.29, 0.717) is 27.9 Å². The van der Waals surface area contributed by atoms with Crippen LogP contribution in [0.15, 0.2) is 70.5 Å². The minimum absolute atomic E-state index is 0.00165. The first-order valence-corrected chi connectivity index (χ1v) is 10.9. The number of ether oxygens (including phenoxy) is 1. The number of nitrogens with two attached hydrogens (primary N) is 1. The van der Waals surface area contributed by atoms with Crippen LogP contribution in [0.25, 0.3) is 16.9 Å². The van der Waals surface area contributed by atoms with E-state index in [4.69, 9.17) is 22.1 Å². The molecule has 2 aromatic carbocycles. The van der Waals surface area contributed by atoms with Gasteiger partial charge in [-0.05, 0) is 31.2 Å². The molecule has 0 saturated carbocycles. The van der Waals surface area contributed by atoms with Gasteiger partial charge in [-0.3, -0.25) is 5.10 Å². The molecule has 0 aliphatic carbocycles. The number of halogens is 2. The zero-order valence-corrected chi connectivity index (χ0v) is 19.1. The SMILES string of the molecule is Cc1nn(-c2ccccc2)c(Cl)c1[C@@H]1C(C#N)=C(N)Oc2n[nH]c(-c3ccc(Br)cc3)c21. The Labute approximate surface area is 197 Å². The van der Waals surface area contributed by atoms with Gasteiger partial charge in [0, 0.05) is 15.6 Å². The summed E-state index contributed by atoms with van der Waals surface area (Å²) >= 11 is 10.3. The van der Waals surface area contributed by atoms with Crippen molar-refractivity contribution in [2.24, 2.45) is 5.73 Å². The second kappa shape index (κ2) is 7.86. The molecule has 3 N–H and O–H groups in total. The standard InChI is InChI=1S/C23H16BrClN6O/c1-12-17(21(25)31(30-12)15-5-3-2-4-6-15)18-16(11-26)22(27)32-23-19(18)20(28-29-23)13-7-9-14(24)10-8-13/h2-10,18H,27H2,1H3,(H,28,29)/t18-/m0/s1. The van der Waals surface area contributed by atoms with Crippen molar-refractivity contribution in [3.05, 3.63) is 92.5 Å². The van der Waals surface area contributed by atoms with Crippen molar-refractivity contribution >= 4 is 27.5 Å². The number of aryl methyl sites for hydroxylation is 1. The summed E-state index contributed by atoms with van der Waals surface area (Å²) in [6, 6.07) is 19.5. The van der Waals surface area contributed by atoms with E-state index in [9.17, 15) is 5.26 Å². The molecular formula is C23H16BrClN6O. The molecule has 0 fully saturated rings. The number of hydrogen-bond acceptors (Lipinski definition) is 5. The van der Waals surface area contributed by atoms with Crippen LogP contribution in [0.2, 0.25) is 5.15 Å². The molecule has 1 aliphatic rings. The molecule has 1 aliphatic heterocycles. The van der Waals surface area contributed by atoms with E-state index in [1.165, 1.54) is 0 Å². The number of rotatable bonds is 3. The van der Waals surface area contributed by atoms with Gasteiger partial charge in [0.1, 0.15) is 16.8 Å². The predicted octanol–water partition coefficient (Wildman–Crippen LogP) is 5.20. The van der Waals surface area contributed by atoms with E-state index in [-0.39, 0.29) is 11.5 Å². The number of aromatic nitrogens is 4. The Morgan fingerprint density at radius 1 is 1.16 bits per heavy atom. The van der Waals surface area contributed by atoms with Crippen LogP contribution in [0.4, 0.5) is 0 Å². The lowest BCUT2D eigenvalue weighted by atomic mass is 9.83. The normalized spacial score (nSPS) is 15.2. The number of allylic oxidation sites excluding steroid dienone is 1. The lowest BCUT2D eigenvalue weighted by Gasteiger charge is -2.24. The summed E-state index contributed by atoms with van der Waals surface area (Å²) in [7, 11) is 0. The van der Waals surface area contributed by atoms with Crippen molar-refractivity contribution in [2.45, 2.75) is 12.8 Å². The van der Waals surface area contributed by atoms with Crippen molar-refractivity contribution in [3.8, 4) is 28.9 Å². The van der Waals surface area contributed by atoms with Crippen molar-refractivity contribution in [1.82, 2.24) is 20.0 Å². The van der Waals surface area contributed by atoms with E-state index < -0.39 is 5.92 Å². The van der Waals surface area contributed by atoms with Crippen LogP contribution in [0, 0.1) is 18.3 Å². The number of nitrogens with zero attached hydrogens (tertiary/aromatic N) is 4. The van der Waals surface area contributed by atoms with Gasteiger partial charge in [0.2, 0.25) is 11.8 Å². The molecule has 4 aromatic rings. The Hall–Kier alpha value is -3.54. The zero-order valence-electron chi connectivity index (χ0n) is 16.8. The highest BCUT2D eigenvalue weighted by atomic mass is 79.9. The number of hydrogen-bond donors (Lipinski definition) is 2. The smallest absolute Gasteiger partial charge is 0.244 e. The molecule has 7 nitrogen and oxygen atoms in total. The molecule has 2 aromatic heterocycles. The molecule has 0 spiro atoms. The number of nitrogens with one attached hydrogen (secondary N) is 1. The Bertz CT molecular complexity index is 1400. The van der Waals surface area contributed by atoms with Crippen LogP contribution >= 0.6 is 27.5 Å². The van der Waals surface area contributed by atoms with Crippen LogP contribution in [0.3, 0.4) is 0 Å². The molecule has 0 radical (unpaired) electrons. The van der Waals surface area contributed by atoms with E-state index >= 15 is 0 Å². The van der Waals surface area contributed by atoms with E-state index in [0.717, 1.165) is 21.4 Å². The lowest BCUT2D eigenvalue weighted by Crippen LogP contribution is -2.21. The van der Waals surface area contributed by atoms with Crippen LogP contribution in [-0.4, -0.2) is 20.0 Å². The predicted molar refractivity (Wildman–Crippen MR) is 124 cm³/mol. The third kappa shape index (κ3) is 3.18. The second-order valence-electron chi connectivity index (χ2n) is 7.29. The molecule has 0 bridgehead atoms. The molecule has 3 heterocycles. The van der Waals surface area contributed by atoms with Crippen LogP contribution < -0.4 is 10.5 Å². The Morgan fingerprint density at radius 3 is 2.56 bits per heavy atom. The average Bonchev–Trinajstić information content (AvgIpc) is 3.34. The van der Waals surface area contributed by atoms with Gasteiger partial charge in [0.05, 0.1) is 28.6 Å². The van der Waals surface area contributed by atoms with Gasteiger partial charge < -0.3 is 10.5 Å². The summed E-state index contributed by atoms with van der Waals surface area (Å²) in [6.45, 7) is 1.86. The molecule has 0 amide bonds. The summed E-state index contributed by atoms with van der Waals surface area (Å²) in [5, 5.41) is 22.4. The number of fused-ring (bicyclic) bond motifs is 1. The third-order valence-electron chi connectivity index (χ3n) is 5.41. The lowest BCUT2D eigenvalue weighted by molar-refractivity contribution is 0.379. The van der Waals surface area contributed by atoms with Crippen LogP contribution in [-0.2, 0) is 0 Å². The molecular weight excluding hydrogens is 492 g/mol. The molecule has 9 heteroatoms. The minimum atomic E-state index is -0.592. The summed E-state index contributed by atoms with van der Waals surface area (Å²) in [5.74, 6) is -0.278. The molecule has 0 unspecified atom stereocenters. The van der Waals surface area contributed by atoms with Crippen molar-refractivity contribution < 1.29 is 4.74 Å². The fourth-order valence-electron chi connectivity index (χ4n) is 3.95. The average molecular weight is 508 g/mol. The van der Waals surface area contributed by atoms with Gasteiger partial charge >= 0.3 is 0 Å². The maximum absolute atomic E-state index is 9.98. The maximum Gasteiger partial charge on any atom is 0.244 e. The summed E-state index contributed by atoms with van der Waals surface area (Å²) < 4.78 is 8.31. The molecule has 0 saturated heterocycles. The molecule has 5 rings (SSSR count). The van der Waals surface area contributed by atoms with Gasteiger partial charge in [-0.1, -0.05) is 57.9 Å².